The first-order chi connectivity index (χ1) is 18.4. The van der Waals surface area contributed by atoms with Gasteiger partial charge in [0.15, 0.2) is 10.9 Å². The molecule has 0 spiro atoms. The third kappa shape index (κ3) is 5.16. The summed E-state index contributed by atoms with van der Waals surface area (Å²) in [6.07, 6.45) is -1.67. The molecule has 6 nitrogen and oxygen atoms in total. The highest BCUT2D eigenvalue weighted by atomic mass is 32.1. The van der Waals surface area contributed by atoms with E-state index < -0.39 is 40.3 Å². The van der Waals surface area contributed by atoms with Gasteiger partial charge in [0, 0.05) is 5.56 Å². The molecule has 0 aliphatic carbocycles. The molecule has 2 heterocycles. The zero-order valence-corrected chi connectivity index (χ0v) is 22.2. The molecule has 202 valence electrons. The minimum absolute atomic E-state index is 0.218. The number of thiocarbonyl (C=S) groups is 1. The van der Waals surface area contributed by atoms with E-state index in [1.807, 2.05) is 24.3 Å². The monoisotopic (exact) mass is 556 g/mol. The van der Waals surface area contributed by atoms with Crippen LogP contribution in [0.3, 0.4) is 0 Å². The van der Waals surface area contributed by atoms with Gasteiger partial charge in [0.2, 0.25) is 0 Å². The number of carbonyl (C=O) groups is 1. The van der Waals surface area contributed by atoms with Crippen molar-refractivity contribution in [1.29, 1.82) is 5.26 Å². The van der Waals surface area contributed by atoms with Gasteiger partial charge in [-0.1, -0.05) is 13.3 Å². The van der Waals surface area contributed by atoms with Crippen LogP contribution >= 0.6 is 12.2 Å². The van der Waals surface area contributed by atoms with E-state index in [0.717, 1.165) is 41.2 Å². The van der Waals surface area contributed by atoms with E-state index in [-0.39, 0.29) is 5.11 Å². The Hall–Kier alpha value is -4.04. The largest absolute Gasteiger partial charge is 0.494 e. The van der Waals surface area contributed by atoms with Crippen molar-refractivity contribution in [2.45, 2.75) is 45.3 Å². The zero-order chi connectivity index (χ0) is 28.5. The Balaban J connectivity index is 1.65. The fraction of sp³-hybridized carbons (Fsp3) is 0.286. The molecule has 2 aromatic carbocycles. The maximum absolute atomic E-state index is 15.2. The lowest BCUT2D eigenvalue weighted by Gasteiger charge is -2.29. The van der Waals surface area contributed by atoms with Crippen LogP contribution in [-0.2, 0) is 11.0 Å². The molecule has 1 aromatic heterocycles. The summed E-state index contributed by atoms with van der Waals surface area (Å²) in [5.41, 5.74) is -2.83. The van der Waals surface area contributed by atoms with E-state index in [9.17, 15) is 18.0 Å². The van der Waals surface area contributed by atoms with Crippen LogP contribution in [0.25, 0.3) is 11.3 Å². The lowest BCUT2D eigenvalue weighted by Crippen LogP contribution is -2.44. The number of hydrogen-bond donors (Lipinski definition) is 0. The van der Waals surface area contributed by atoms with Crippen LogP contribution in [-0.4, -0.2) is 28.1 Å². The topological polar surface area (TPSA) is 69.5 Å². The summed E-state index contributed by atoms with van der Waals surface area (Å²) in [6, 6.07) is 13.9. The van der Waals surface area contributed by atoms with Gasteiger partial charge in [0.25, 0.3) is 5.91 Å². The lowest BCUT2D eigenvalue weighted by molar-refractivity contribution is -0.140. The summed E-state index contributed by atoms with van der Waals surface area (Å²) < 4.78 is 61.6. The quantitative estimate of drug-likeness (QED) is 0.180. The predicted octanol–water partition coefficient (Wildman–Crippen LogP) is 6.87. The summed E-state index contributed by atoms with van der Waals surface area (Å²) in [5.74, 6) is -1.73. The third-order valence-electron chi connectivity index (χ3n) is 6.36. The first-order valence-electron chi connectivity index (χ1n) is 12.1. The molecule has 11 heteroatoms. The minimum atomic E-state index is -5.15. The Morgan fingerprint density at radius 1 is 1.10 bits per heavy atom. The number of amides is 1. The second-order valence-corrected chi connectivity index (χ2v) is 9.74. The van der Waals surface area contributed by atoms with Gasteiger partial charge >= 0.3 is 6.18 Å². The Morgan fingerprint density at radius 2 is 1.79 bits per heavy atom. The molecular formula is C28H24F4N4O2S. The van der Waals surface area contributed by atoms with Crippen LogP contribution < -0.4 is 14.5 Å². The Labute approximate surface area is 228 Å². The van der Waals surface area contributed by atoms with E-state index in [2.05, 4.69) is 11.9 Å². The maximum Gasteiger partial charge on any atom is 0.420 e. The van der Waals surface area contributed by atoms with Gasteiger partial charge in [0.1, 0.15) is 16.9 Å². The molecule has 3 aromatic rings. The number of unbranched alkanes of at least 4 members (excludes halogenated alkanes) is 1. The van der Waals surface area contributed by atoms with Gasteiger partial charge in [-0.05, 0) is 81.0 Å². The molecule has 1 fully saturated rings. The third-order valence-corrected chi connectivity index (χ3v) is 6.72. The molecule has 0 bridgehead atoms. The fourth-order valence-corrected chi connectivity index (χ4v) is 4.81. The normalized spacial score (nSPS) is 15.0. The van der Waals surface area contributed by atoms with Gasteiger partial charge in [-0.25, -0.2) is 4.39 Å². The number of nitrogens with zero attached hydrogens (tertiary/aromatic N) is 4. The molecule has 1 aliphatic rings. The predicted molar refractivity (Wildman–Crippen MR) is 143 cm³/mol. The van der Waals surface area contributed by atoms with Crippen LogP contribution in [0.4, 0.5) is 28.9 Å². The van der Waals surface area contributed by atoms with Crippen molar-refractivity contribution in [3.63, 3.8) is 0 Å². The molecule has 1 amide bonds. The van der Waals surface area contributed by atoms with Gasteiger partial charge in [-0.15, -0.1) is 0 Å². The van der Waals surface area contributed by atoms with E-state index in [1.165, 1.54) is 31.0 Å². The Bertz CT molecular complexity index is 1450. The summed E-state index contributed by atoms with van der Waals surface area (Å²) in [7, 11) is 0. The standard InChI is InChI=1S/C28H24F4N4O2S/c1-4-5-14-38-20-10-6-17(7-11-20)21-12-9-19(16-34-21)36-26(39)35(25(37)27(36,2)3)22-13-8-18(15-33)23(24(22)29)28(30,31)32/h6-13,16H,4-5,14H2,1-3H3. The number of benzene rings is 2. The zero-order valence-electron chi connectivity index (χ0n) is 21.3. The molecule has 0 N–H and O–H groups in total. The average molecular weight is 557 g/mol. The maximum atomic E-state index is 15.2. The molecule has 39 heavy (non-hydrogen) atoms. The number of aromatic nitrogens is 1. The number of nitriles is 1. The van der Waals surface area contributed by atoms with Crippen LogP contribution in [0.2, 0.25) is 0 Å². The molecule has 0 radical (unpaired) electrons. The van der Waals surface area contributed by atoms with E-state index in [4.69, 9.17) is 22.2 Å². The van der Waals surface area contributed by atoms with Gasteiger partial charge in [0.05, 0.1) is 41.5 Å². The van der Waals surface area contributed by atoms with Gasteiger partial charge < -0.3 is 9.64 Å². The van der Waals surface area contributed by atoms with Crippen LogP contribution in [0, 0.1) is 17.1 Å². The summed E-state index contributed by atoms with van der Waals surface area (Å²) in [4.78, 5) is 20.0. The first-order valence-corrected chi connectivity index (χ1v) is 12.5. The highest BCUT2D eigenvalue weighted by Gasteiger charge is 2.52. The number of carbonyl (C=O) groups excluding carboxylic acids is 1. The molecule has 4 rings (SSSR count). The van der Waals surface area contributed by atoms with Crippen molar-refractivity contribution in [2.24, 2.45) is 0 Å². The number of rotatable bonds is 7. The number of halogens is 4. The molecule has 0 unspecified atom stereocenters. The van der Waals surface area contributed by atoms with Crippen LogP contribution in [0.1, 0.15) is 44.7 Å². The Morgan fingerprint density at radius 3 is 2.36 bits per heavy atom. The second kappa shape index (κ2) is 10.6. The summed E-state index contributed by atoms with van der Waals surface area (Å²) >= 11 is 5.47. The van der Waals surface area contributed by atoms with E-state index >= 15 is 4.39 Å². The number of anilines is 2. The molecular weight excluding hydrogens is 532 g/mol. The number of hydrogen-bond acceptors (Lipinski definition) is 5. The second-order valence-electron chi connectivity index (χ2n) is 9.38. The molecule has 1 aliphatic heterocycles. The highest BCUT2D eigenvalue weighted by molar-refractivity contribution is 7.81. The number of alkyl halides is 3. The smallest absolute Gasteiger partial charge is 0.420 e. The van der Waals surface area contributed by atoms with Crippen molar-refractivity contribution >= 4 is 34.6 Å². The van der Waals surface area contributed by atoms with E-state index in [1.54, 1.807) is 12.1 Å². The number of pyridine rings is 1. The summed E-state index contributed by atoms with van der Waals surface area (Å²) in [6.45, 7) is 5.77. The first kappa shape index (κ1) is 28.0. The molecule has 0 saturated carbocycles. The number of ether oxygens (including phenoxy) is 1. The minimum Gasteiger partial charge on any atom is -0.494 e. The van der Waals surface area contributed by atoms with Crippen molar-refractivity contribution in [1.82, 2.24) is 4.98 Å². The van der Waals surface area contributed by atoms with Crippen molar-refractivity contribution < 1.29 is 27.1 Å². The van der Waals surface area contributed by atoms with Gasteiger partial charge in [-0.3, -0.25) is 14.7 Å². The Kier molecular flexibility index (Phi) is 7.61. The lowest BCUT2D eigenvalue weighted by atomic mass is 10.0. The van der Waals surface area contributed by atoms with Crippen molar-refractivity contribution in [3.05, 3.63) is 71.7 Å². The SMILES string of the molecule is CCCCOc1ccc(-c2ccc(N3C(=S)N(c4ccc(C#N)c(C(F)(F)F)c4F)C(=O)C3(C)C)cn2)cc1. The molecule has 0 atom stereocenters. The van der Waals surface area contributed by atoms with E-state index in [0.29, 0.717) is 18.0 Å². The summed E-state index contributed by atoms with van der Waals surface area (Å²) in [5, 5.41) is 8.84. The van der Waals surface area contributed by atoms with Gasteiger partial charge in [-0.2, -0.15) is 18.4 Å². The molecule has 1 saturated heterocycles. The van der Waals surface area contributed by atoms with Crippen LogP contribution in [0.5, 0.6) is 5.75 Å². The highest BCUT2D eigenvalue weighted by Crippen LogP contribution is 2.42. The van der Waals surface area contributed by atoms with Crippen molar-refractivity contribution in [2.75, 3.05) is 16.4 Å². The fourth-order valence-electron chi connectivity index (χ4n) is 4.29. The van der Waals surface area contributed by atoms with Crippen LogP contribution in [0.15, 0.2) is 54.7 Å². The average Bonchev–Trinajstić information content (AvgIpc) is 3.07. The van der Waals surface area contributed by atoms with Crippen molar-refractivity contribution in [3.8, 4) is 23.1 Å².